The molecule has 5 heteroatoms. The van der Waals surface area contributed by atoms with Crippen LogP contribution in [-0.2, 0) is 11.3 Å². The van der Waals surface area contributed by atoms with Crippen molar-refractivity contribution in [1.82, 2.24) is 15.2 Å². The molecule has 0 unspecified atom stereocenters. The molecule has 0 saturated carbocycles. The molecular weight excluding hydrogens is 206 g/mol. The largest absolute Gasteiger partial charge is 0.496 e. The van der Waals surface area contributed by atoms with Gasteiger partial charge in [-0.2, -0.15) is 5.10 Å². The number of ether oxygens (including phenoxy) is 2. The number of aromatic amines is 1. The van der Waals surface area contributed by atoms with Gasteiger partial charge in [-0.15, -0.1) is 0 Å². The Labute approximate surface area is 93.4 Å². The number of nitrogens with zero attached hydrogens (tertiary/aromatic N) is 2. The quantitative estimate of drug-likeness (QED) is 0.849. The van der Waals surface area contributed by atoms with Crippen molar-refractivity contribution in [3.05, 3.63) is 30.1 Å². The fourth-order valence-corrected chi connectivity index (χ4v) is 1.45. The van der Waals surface area contributed by atoms with Gasteiger partial charge in [-0.3, -0.25) is 5.10 Å². The van der Waals surface area contributed by atoms with Crippen LogP contribution in [0.25, 0.3) is 11.4 Å². The second kappa shape index (κ2) is 4.76. The summed E-state index contributed by atoms with van der Waals surface area (Å²) in [5.41, 5.74) is 0.864. The van der Waals surface area contributed by atoms with E-state index in [0.717, 1.165) is 11.3 Å². The maximum Gasteiger partial charge on any atom is 0.184 e. The third-order valence-electron chi connectivity index (χ3n) is 2.16. The second-order valence-electron chi connectivity index (χ2n) is 3.24. The van der Waals surface area contributed by atoms with Gasteiger partial charge < -0.3 is 9.47 Å². The Morgan fingerprint density at radius 1 is 1.25 bits per heavy atom. The predicted molar refractivity (Wildman–Crippen MR) is 59.1 cm³/mol. The number of nitrogens with one attached hydrogen (secondary N) is 1. The first kappa shape index (κ1) is 10.6. The Kier molecular flexibility index (Phi) is 3.16. The predicted octanol–water partition coefficient (Wildman–Crippen LogP) is 1.63. The Bertz CT molecular complexity index is 468. The minimum Gasteiger partial charge on any atom is -0.496 e. The summed E-state index contributed by atoms with van der Waals surface area (Å²) in [6, 6.07) is 7.62. The number of aromatic nitrogens is 3. The first-order chi connectivity index (χ1) is 7.85. The van der Waals surface area contributed by atoms with Gasteiger partial charge >= 0.3 is 0 Å². The van der Waals surface area contributed by atoms with Gasteiger partial charge in [0.1, 0.15) is 12.4 Å². The second-order valence-corrected chi connectivity index (χ2v) is 3.24. The Morgan fingerprint density at radius 2 is 2.06 bits per heavy atom. The molecule has 84 valence electrons. The fraction of sp³-hybridized carbons (Fsp3) is 0.273. The highest BCUT2D eigenvalue weighted by Gasteiger charge is 2.10. The molecule has 0 amide bonds. The molecule has 0 aliphatic carbocycles. The van der Waals surface area contributed by atoms with Crippen molar-refractivity contribution in [1.29, 1.82) is 0 Å². The number of hydrogen-bond donors (Lipinski definition) is 1. The van der Waals surface area contributed by atoms with Crippen molar-refractivity contribution in [2.75, 3.05) is 14.2 Å². The normalized spacial score (nSPS) is 10.4. The molecule has 0 atom stereocenters. The van der Waals surface area contributed by atoms with Crippen molar-refractivity contribution in [2.45, 2.75) is 6.61 Å². The van der Waals surface area contributed by atoms with Gasteiger partial charge in [-0.05, 0) is 12.1 Å². The molecule has 1 heterocycles. The van der Waals surface area contributed by atoms with E-state index in [1.54, 1.807) is 14.2 Å². The van der Waals surface area contributed by atoms with Crippen LogP contribution in [0.15, 0.2) is 24.3 Å². The Hall–Kier alpha value is -1.88. The highest BCUT2D eigenvalue weighted by molar-refractivity contribution is 5.63. The van der Waals surface area contributed by atoms with E-state index >= 15 is 0 Å². The lowest BCUT2D eigenvalue weighted by Crippen LogP contribution is -1.90. The number of para-hydroxylation sites is 1. The summed E-state index contributed by atoms with van der Waals surface area (Å²) < 4.78 is 10.2. The lowest BCUT2D eigenvalue weighted by molar-refractivity contribution is 0.178. The highest BCUT2D eigenvalue weighted by Crippen LogP contribution is 2.26. The van der Waals surface area contributed by atoms with Crippen LogP contribution in [0.1, 0.15) is 5.82 Å². The van der Waals surface area contributed by atoms with E-state index in [4.69, 9.17) is 9.47 Å². The molecule has 0 aliphatic rings. The van der Waals surface area contributed by atoms with Crippen molar-refractivity contribution in [3.8, 4) is 17.1 Å². The molecule has 0 fully saturated rings. The van der Waals surface area contributed by atoms with Crippen LogP contribution in [0.2, 0.25) is 0 Å². The molecule has 16 heavy (non-hydrogen) atoms. The van der Waals surface area contributed by atoms with E-state index in [9.17, 15) is 0 Å². The molecule has 0 bridgehead atoms. The maximum atomic E-state index is 5.24. The van der Waals surface area contributed by atoms with Gasteiger partial charge in [-0.25, -0.2) is 4.98 Å². The maximum absolute atomic E-state index is 5.24. The van der Waals surface area contributed by atoms with Gasteiger partial charge in [0.25, 0.3) is 0 Å². The van der Waals surface area contributed by atoms with E-state index in [2.05, 4.69) is 15.2 Å². The highest BCUT2D eigenvalue weighted by atomic mass is 16.5. The zero-order valence-electron chi connectivity index (χ0n) is 9.23. The van der Waals surface area contributed by atoms with E-state index in [1.165, 1.54) is 0 Å². The lowest BCUT2D eigenvalue weighted by Gasteiger charge is -2.03. The molecule has 1 aromatic heterocycles. The monoisotopic (exact) mass is 219 g/mol. The molecule has 5 nitrogen and oxygen atoms in total. The minimum atomic E-state index is 0.419. The van der Waals surface area contributed by atoms with Gasteiger partial charge in [0.15, 0.2) is 11.6 Å². The molecule has 0 spiro atoms. The Balaban J connectivity index is 2.34. The number of hydrogen-bond acceptors (Lipinski definition) is 4. The molecule has 2 aromatic rings. The summed E-state index contributed by atoms with van der Waals surface area (Å²) in [6.45, 7) is 0.419. The standard InChI is InChI=1S/C11H13N3O2/c1-15-7-10-12-11(14-13-10)8-5-3-4-6-9(8)16-2/h3-6H,7H2,1-2H3,(H,12,13,14). The number of methoxy groups -OCH3 is 2. The Morgan fingerprint density at radius 3 is 2.81 bits per heavy atom. The van der Waals surface area contributed by atoms with Gasteiger partial charge in [0, 0.05) is 7.11 Å². The lowest BCUT2D eigenvalue weighted by atomic mass is 10.2. The van der Waals surface area contributed by atoms with Crippen molar-refractivity contribution in [3.63, 3.8) is 0 Å². The van der Waals surface area contributed by atoms with Gasteiger partial charge in [-0.1, -0.05) is 12.1 Å². The molecule has 1 N–H and O–H groups in total. The molecule has 0 aliphatic heterocycles. The van der Waals surface area contributed by atoms with E-state index in [1.807, 2.05) is 24.3 Å². The molecule has 0 saturated heterocycles. The summed E-state index contributed by atoms with van der Waals surface area (Å²) in [7, 11) is 3.24. The van der Waals surface area contributed by atoms with E-state index < -0.39 is 0 Å². The van der Waals surface area contributed by atoms with E-state index in [0.29, 0.717) is 18.3 Å². The van der Waals surface area contributed by atoms with Crippen LogP contribution in [0, 0.1) is 0 Å². The topological polar surface area (TPSA) is 60.0 Å². The average molecular weight is 219 g/mol. The van der Waals surface area contributed by atoms with Crippen LogP contribution in [0.3, 0.4) is 0 Å². The minimum absolute atomic E-state index is 0.419. The van der Waals surface area contributed by atoms with Crippen LogP contribution in [0.5, 0.6) is 5.75 Å². The van der Waals surface area contributed by atoms with Gasteiger partial charge in [0.2, 0.25) is 0 Å². The molecule has 0 radical (unpaired) electrons. The zero-order chi connectivity index (χ0) is 11.4. The number of benzene rings is 1. The zero-order valence-corrected chi connectivity index (χ0v) is 9.23. The van der Waals surface area contributed by atoms with E-state index in [-0.39, 0.29) is 0 Å². The van der Waals surface area contributed by atoms with Crippen LogP contribution in [0.4, 0.5) is 0 Å². The van der Waals surface area contributed by atoms with Crippen LogP contribution < -0.4 is 4.74 Å². The SMILES string of the molecule is COCc1nc(-c2ccccc2OC)n[nH]1. The average Bonchev–Trinajstić information content (AvgIpc) is 2.78. The van der Waals surface area contributed by atoms with Crippen LogP contribution >= 0.6 is 0 Å². The fourth-order valence-electron chi connectivity index (χ4n) is 1.45. The third-order valence-corrected chi connectivity index (χ3v) is 2.16. The smallest absolute Gasteiger partial charge is 0.184 e. The summed E-state index contributed by atoms with van der Waals surface area (Å²) in [6.07, 6.45) is 0. The third kappa shape index (κ3) is 2.04. The molecular formula is C11H13N3O2. The number of rotatable bonds is 4. The van der Waals surface area contributed by atoms with Crippen molar-refractivity contribution in [2.24, 2.45) is 0 Å². The van der Waals surface area contributed by atoms with Crippen LogP contribution in [-0.4, -0.2) is 29.4 Å². The summed E-state index contributed by atoms with van der Waals surface area (Å²) in [5.74, 6) is 2.07. The van der Waals surface area contributed by atoms with Crippen molar-refractivity contribution < 1.29 is 9.47 Å². The van der Waals surface area contributed by atoms with Gasteiger partial charge in [0.05, 0.1) is 12.7 Å². The summed E-state index contributed by atoms with van der Waals surface area (Å²) in [4.78, 5) is 4.31. The first-order valence-electron chi connectivity index (χ1n) is 4.88. The summed E-state index contributed by atoms with van der Waals surface area (Å²) in [5, 5.41) is 6.93. The molecule has 1 aromatic carbocycles. The summed E-state index contributed by atoms with van der Waals surface area (Å²) >= 11 is 0. The van der Waals surface area contributed by atoms with Crippen molar-refractivity contribution >= 4 is 0 Å². The molecule has 2 rings (SSSR count). The number of H-pyrrole nitrogens is 1. The first-order valence-corrected chi connectivity index (χ1v) is 4.88.